The number of nitrogens with one attached hydrogen (secondary N) is 1. The predicted octanol–water partition coefficient (Wildman–Crippen LogP) is 3.47. The van der Waals surface area contributed by atoms with Gasteiger partial charge in [-0.2, -0.15) is 0 Å². The maximum absolute atomic E-state index is 6.22. The van der Waals surface area contributed by atoms with Crippen LogP contribution in [0.2, 0.25) is 5.02 Å². The molecule has 18 heavy (non-hydrogen) atoms. The number of rotatable bonds is 4. The molecule has 1 fully saturated rings. The summed E-state index contributed by atoms with van der Waals surface area (Å²) in [5, 5.41) is 4.47. The first-order chi connectivity index (χ1) is 8.68. The summed E-state index contributed by atoms with van der Waals surface area (Å²) < 4.78 is 0. The molecule has 2 unspecified atom stereocenters. The number of halogens is 1. The lowest BCUT2D eigenvalue weighted by Crippen LogP contribution is -2.43. The fraction of sp³-hybridized carbons (Fsp3) is 0.600. The van der Waals surface area contributed by atoms with Gasteiger partial charge in [-0.3, -0.25) is 0 Å². The van der Waals surface area contributed by atoms with Crippen LogP contribution in [-0.4, -0.2) is 31.1 Å². The van der Waals surface area contributed by atoms with Gasteiger partial charge in [-0.1, -0.05) is 36.2 Å². The van der Waals surface area contributed by atoms with E-state index in [0.29, 0.717) is 12.1 Å². The van der Waals surface area contributed by atoms with Crippen molar-refractivity contribution in [2.45, 2.75) is 38.3 Å². The molecule has 3 heteroatoms. The van der Waals surface area contributed by atoms with Gasteiger partial charge in [-0.15, -0.1) is 0 Å². The van der Waals surface area contributed by atoms with E-state index >= 15 is 0 Å². The first-order valence-corrected chi connectivity index (χ1v) is 7.24. The monoisotopic (exact) mass is 266 g/mol. The van der Waals surface area contributed by atoms with Crippen LogP contribution in [0.25, 0.3) is 0 Å². The minimum atomic E-state index is 0.314. The van der Waals surface area contributed by atoms with Crippen molar-refractivity contribution in [1.29, 1.82) is 0 Å². The topological polar surface area (TPSA) is 15.3 Å². The van der Waals surface area contributed by atoms with Crippen LogP contribution in [0.1, 0.15) is 37.8 Å². The molecule has 0 radical (unpaired) electrons. The van der Waals surface area contributed by atoms with Crippen molar-refractivity contribution >= 4 is 11.6 Å². The van der Waals surface area contributed by atoms with Gasteiger partial charge in [0, 0.05) is 23.7 Å². The van der Waals surface area contributed by atoms with Gasteiger partial charge in [0.2, 0.25) is 0 Å². The molecular formula is C15H23ClN2. The Bertz CT molecular complexity index is 381. The second-order valence-electron chi connectivity index (χ2n) is 5.28. The summed E-state index contributed by atoms with van der Waals surface area (Å²) in [6.07, 6.45) is 4.00. The third-order valence-corrected chi connectivity index (χ3v) is 4.30. The van der Waals surface area contributed by atoms with Crippen molar-refractivity contribution in [1.82, 2.24) is 10.2 Å². The van der Waals surface area contributed by atoms with Crippen molar-refractivity contribution < 1.29 is 0 Å². The molecule has 0 spiro atoms. The van der Waals surface area contributed by atoms with E-state index in [0.717, 1.165) is 11.6 Å². The highest BCUT2D eigenvalue weighted by atomic mass is 35.5. The smallest absolute Gasteiger partial charge is 0.0453 e. The summed E-state index contributed by atoms with van der Waals surface area (Å²) in [5.74, 6) is 0. The maximum atomic E-state index is 6.22. The van der Waals surface area contributed by atoms with Gasteiger partial charge in [-0.05, 0) is 45.0 Å². The van der Waals surface area contributed by atoms with Crippen LogP contribution in [0, 0.1) is 0 Å². The number of hydrogen-bond donors (Lipinski definition) is 1. The SMILES string of the molecule is CC(NCC1CCCCN1C)c1ccccc1Cl. The Morgan fingerprint density at radius 3 is 2.89 bits per heavy atom. The standard InChI is InChI=1S/C15H23ClN2/c1-12(14-8-3-4-9-15(14)16)17-11-13-7-5-6-10-18(13)2/h3-4,8-9,12-13,17H,5-7,10-11H2,1-2H3. The number of likely N-dealkylation sites (tertiary alicyclic amines) is 1. The van der Waals surface area contributed by atoms with E-state index in [9.17, 15) is 0 Å². The van der Waals surface area contributed by atoms with Gasteiger partial charge < -0.3 is 10.2 Å². The molecule has 1 aliphatic rings. The molecule has 1 aliphatic heterocycles. The van der Waals surface area contributed by atoms with Gasteiger partial charge in [0.1, 0.15) is 0 Å². The highest BCUT2D eigenvalue weighted by Crippen LogP contribution is 2.22. The fourth-order valence-electron chi connectivity index (χ4n) is 2.65. The van der Waals surface area contributed by atoms with Crippen molar-refractivity contribution in [2.75, 3.05) is 20.1 Å². The van der Waals surface area contributed by atoms with Gasteiger partial charge in [0.25, 0.3) is 0 Å². The molecule has 0 aliphatic carbocycles. The van der Waals surface area contributed by atoms with Gasteiger partial charge in [0.15, 0.2) is 0 Å². The van der Waals surface area contributed by atoms with Crippen LogP contribution in [0.3, 0.4) is 0 Å². The number of piperidine rings is 1. The second-order valence-corrected chi connectivity index (χ2v) is 5.69. The van der Waals surface area contributed by atoms with Crippen molar-refractivity contribution in [2.24, 2.45) is 0 Å². The third kappa shape index (κ3) is 3.47. The van der Waals surface area contributed by atoms with Gasteiger partial charge in [-0.25, -0.2) is 0 Å². The van der Waals surface area contributed by atoms with Crippen LogP contribution in [0.5, 0.6) is 0 Å². The number of likely N-dealkylation sites (N-methyl/N-ethyl adjacent to an activating group) is 1. The molecule has 0 saturated carbocycles. The lowest BCUT2D eigenvalue weighted by Gasteiger charge is -2.33. The first kappa shape index (κ1) is 13.9. The molecule has 1 heterocycles. The van der Waals surface area contributed by atoms with E-state index in [1.807, 2.05) is 18.2 Å². The van der Waals surface area contributed by atoms with Gasteiger partial charge >= 0.3 is 0 Å². The van der Waals surface area contributed by atoms with E-state index in [1.54, 1.807) is 0 Å². The molecule has 2 nitrogen and oxygen atoms in total. The van der Waals surface area contributed by atoms with Crippen molar-refractivity contribution in [3.63, 3.8) is 0 Å². The van der Waals surface area contributed by atoms with Crippen LogP contribution < -0.4 is 5.32 Å². The first-order valence-electron chi connectivity index (χ1n) is 6.86. The van der Waals surface area contributed by atoms with Crippen molar-refractivity contribution in [3.05, 3.63) is 34.9 Å². The Morgan fingerprint density at radius 1 is 1.39 bits per heavy atom. The van der Waals surface area contributed by atoms with Crippen LogP contribution in [0.4, 0.5) is 0 Å². The number of nitrogens with zero attached hydrogens (tertiary/aromatic N) is 1. The molecule has 1 saturated heterocycles. The molecule has 0 aromatic heterocycles. The zero-order valence-corrected chi connectivity index (χ0v) is 12.1. The molecule has 1 aromatic rings. The van der Waals surface area contributed by atoms with E-state index in [2.05, 4.69) is 30.3 Å². The maximum Gasteiger partial charge on any atom is 0.0453 e. The van der Waals surface area contributed by atoms with E-state index in [1.165, 1.54) is 31.4 Å². The predicted molar refractivity (Wildman–Crippen MR) is 78.1 cm³/mol. The van der Waals surface area contributed by atoms with E-state index in [4.69, 9.17) is 11.6 Å². The van der Waals surface area contributed by atoms with E-state index < -0.39 is 0 Å². The van der Waals surface area contributed by atoms with Gasteiger partial charge in [0.05, 0.1) is 0 Å². The summed E-state index contributed by atoms with van der Waals surface area (Å²) in [6, 6.07) is 9.07. The second kappa shape index (κ2) is 6.55. The lowest BCUT2D eigenvalue weighted by atomic mass is 10.0. The molecule has 100 valence electrons. The zero-order valence-electron chi connectivity index (χ0n) is 11.3. The quantitative estimate of drug-likeness (QED) is 0.898. The minimum Gasteiger partial charge on any atom is -0.309 e. The summed E-state index contributed by atoms with van der Waals surface area (Å²) in [4.78, 5) is 2.47. The minimum absolute atomic E-state index is 0.314. The Kier molecular flexibility index (Phi) is 5.04. The molecule has 0 bridgehead atoms. The Hall–Kier alpha value is -0.570. The van der Waals surface area contributed by atoms with Crippen LogP contribution >= 0.6 is 11.6 Å². The number of hydrogen-bond acceptors (Lipinski definition) is 2. The third-order valence-electron chi connectivity index (χ3n) is 3.95. The highest BCUT2D eigenvalue weighted by molar-refractivity contribution is 6.31. The molecule has 0 amide bonds. The molecule has 2 atom stereocenters. The van der Waals surface area contributed by atoms with Crippen LogP contribution in [-0.2, 0) is 0 Å². The largest absolute Gasteiger partial charge is 0.309 e. The summed E-state index contributed by atoms with van der Waals surface area (Å²) >= 11 is 6.22. The average molecular weight is 267 g/mol. The Morgan fingerprint density at radius 2 is 2.17 bits per heavy atom. The normalized spacial score (nSPS) is 22.9. The summed E-state index contributed by atoms with van der Waals surface area (Å²) in [6.45, 7) is 4.46. The Labute approximate surface area is 115 Å². The Balaban J connectivity index is 1.88. The molecular weight excluding hydrogens is 244 g/mol. The summed E-state index contributed by atoms with van der Waals surface area (Å²) in [7, 11) is 2.23. The number of benzene rings is 1. The molecule has 1 aromatic carbocycles. The van der Waals surface area contributed by atoms with Crippen LogP contribution in [0.15, 0.2) is 24.3 Å². The summed E-state index contributed by atoms with van der Waals surface area (Å²) in [5.41, 5.74) is 1.19. The molecule has 1 N–H and O–H groups in total. The average Bonchev–Trinajstić information content (AvgIpc) is 2.38. The highest BCUT2D eigenvalue weighted by Gasteiger charge is 2.19. The fourth-order valence-corrected chi connectivity index (χ4v) is 2.95. The lowest BCUT2D eigenvalue weighted by molar-refractivity contribution is 0.178. The zero-order chi connectivity index (χ0) is 13.0. The van der Waals surface area contributed by atoms with E-state index in [-0.39, 0.29) is 0 Å². The molecule has 2 rings (SSSR count). The van der Waals surface area contributed by atoms with Crippen molar-refractivity contribution in [3.8, 4) is 0 Å².